The molecule has 0 spiro atoms. The van der Waals surface area contributed by atoms with Crippen LogP contribution in [0.4, 0.5) is 5.69 Å². The summed E-state index contributed by atoms with van der Waals surface area (Å²) in [7, 11) is 1.43. The molecule has 26 heavy (non-hydrogen) atoms. The molecule has 146 valence electrons. The first-order chi connectivity index (χ1) is 12.2. The van der Waals surface area contributed by atoms with Crippen molar-refractivity contribution in [2.75, 3.05) is 65.3 Å². The SMILES string of the molecule is CCN(CC)C(=O)c1ccc(N2CCN(C)CC2)c(S(=O)(=O)N(C)C)c1. The first-order valence-electron chi connectivity index (χ1n) is 9.01. The normalized spacial score (nSPS) is 16.2. The van der Waals surface area contributed by atoms with Crippen LogP contribution in [0.1, 0.15) is 24.2 Å². The zero-order valence-corrected chi connectivity index (χ0v) is 17.2. The second-order valence-electron chi connectivity index (χ2n) is 6.74. The van der Waals surface area contributed by atoms with Gasteiger partial charge >= 0.3 is 0 Å². The summed E-state index contributed by atoms with van der Waals surface area (Å²) in [5.74, 6) is -0.143. The summed E-state index contributed by atoms with van der Waals surface area (Å²) in [5.41, 5.74) is 1.08. The molecule has 1 aromatic rings. The molecule has 1 aliphatic heterocycles. The number of hydrogen-bond donors (Lipinski definition) is 0. The van der Waals surface area contributed by atoms with Crippen LogP contribution >= 0.6 is 0 Å². The van der Waals surface area contributed by atoms with Crippen LogP contribution in [0.15, 0.2) is 23.1 Å². The number of amides is 1. The molecule has 7 nitrogen and oxygen atoms in total. The summed E-state index contributed by atoms with van der Waals surface area (Å²) in [4.78, 5) is 18.9. The third kappa shape index (κ3) is 4.19. The molecule has 1 aromatic carbocycles. The summed E-state index contributed by atoms with van der Waals surface area (Å²) >= 11 is 0. The van der Waals surface area contributed by atoms with Crippen molar-refractivity contribution >= 4 is 21.6 Å². The summed E-state index contributed by atoms with van der Waals surface area (Å²) < 4.78 is 27.0. The zero-order chi connectivity index (χ0) is 19.5. The van der Waals surface area contributed by atoms with Gasteiger partial charge in [-0.05, 0) is 39.1 Å². The number of nitrogens with zero attached hydrogens (tertiary/aromatic N) is 4. The van der Waals surface area contributed by atoms with Crippen molar-refractivity contribution in [1.29, 1.82) is 0 Å². The number of anilines is 1. The lowest BCUT2D eigenvalue weighted by atomic mass is 10.1. The monoisotopic (exact) mass is 382 g/mol. The predicted octanol–water partition coefficient (Wildman–Crippen LogP) is 1.17. The molecule has 1 heterocycles. The first kappa shape index (κ1) is 20.7. The first-order valence-corrected chi connectivity index (χ1v) is 10.5. The smallest absolute Gasteiger partial charge is 0.253 e. The maximum absolute atomic E-state index is 12.9. The van der Waals surface area contributed by atoms with E-state index in [9.17, 15) is 13.2 Å². The predicted molar refractivity (Wildman–Crippen MR) is 104 cm³/mol. The summed E-state index contributed by atoms with van der Waals surface area (Å²) in [5, 5.41) is 0. The minimum absolute atomic E-state index is 0.143. The summed E-state index contributed by atoms with van der Waals surface area (Å²) in [6, 6.07) is 5.05. The Labute approximate surface area is 157 Å². The Kier molecular flexibility index (Phi) is 6.65. The average molecular weight is 383 g/mol. The van der Waals surface area contributed by atoms with Gasteiger partial charge in [0.05, 0.1) is 5.69 Å². The minimum Gasteiger partial charge on any atom is -0.368 e. The van der Waals surface area contributed by atoms with E-state index in [2.05, 4.69) is 16.8 Å². The van der Waals surface area contributed by atoms with E-state index < -0.39 is 10.0 Å². The molecule has 0 N–H and O–H groups in total. The largest absolute Gasteiger partial charge is 0.368 e. The van der Waals surface area contributed by atoms with Gasteiger partial charge in [0.2, 0.25) is 10.0 Å². The van der Waals surface area contributed by atoms with E-state index in [-0.39, 0.29) is 10.8 Å². The molecule has 0 atom stereocenters. The van der Waals surface area contributed by atoms with Gasteiger partial charge in [0, 0.05) is 58.9 Å². The maximum Gasteiger partial charge on any atom is 0.253 e. The zero-order valence-electron chi connectivity index (χ0n) is 16.4. The second-order valence-corrected chi connectivity index (χ2v) is 8.86. The van der Waals surface area contributed by atoms with E-state index in [1.54, 1.807) is 17.0 Å². The van der Waals surface area contributed by atoms with Gasteiger partial charge in [0.1, 0.15) is 4.90 Å². The van der Waals surface area contributed by atoms with Crippen LogP contribution in [0.25, 0.3) is 0 Å². The molecule has 1 saturated heterocycles. The Hall–Kier alpha value is -1.64. The highest BCUT2D eigenvalue weighted by molar-refractivity contribution is 7.89. The van der Waals surface area contributed by atoms with Crippen LogP contribution in [0, 0.1) is 0 Å². The minimum atomic E-state index is -3.66. The van der Waals surface area contributed by atoms with Crippen LogP contribution in [0.3, 0.4) is 0 Å². The fourth-order valence-corrected chi connectivity index (χ4v) is 4.18. The van der Waals surface area contributed by atoms with Gasteiger partial charge < -0.3 is 14.7 Å². The van der Waals surface area contributed by atoms with Crippen molar-refractivity contribution in [3.05, 3.63) is 23.8 Å². The standard InChI is InChI=1S/C18H30N4O3S/c1-6-21(7-2)18(23)15-8-9-16(22-12-10-20(5)11-13-22)17(14-15)26(24,25)19(3)4/h8-9,14H,6-7,10-13H2,1-5H3. The Morgan fingerprint density at radius 2 is 1.65 bits per heavy atom. The fourth-order valence-electron chi connectivity index (χ4n) is 3.05. The topological polar surface area (TPSA) is 64.2 Å². The number of likely N-dealkylation sites (N-methyl/N-ethyl adjacent to an activating group) is 1. The number of piperazine rings is 1. The van der Waals surface area contributed by atoms with E-state index in [1.807, 2.05) is 13.8 Å². The number of benzene rings is 1. The van der Waals surface area contributed by atoms with Gasteiger partial charge in [-0.3, -0.25) is 4.79 Å². The molecular weight excluding hydrogens is 352 g/mol. The number of sulfonamides is 1. The lowest BCUT2D eigenvalue weighted by molar-refractivity contribution is 0.0772. The number of hydrogen-bond acceptors (Lipinski definition) is 5. The molecular formula is C18H30N4O3S. The third-order valence-corrected chi connectivity index (χ3v) is 6.70. The van der Waals surface area contributed by atoms with Gasteiger partial charge in [0.25, 0.3) is 5.91 Å². The molecule has 0 bridgehead atoms. The van der Waals surface area contributed by atoms with E-state index in [4.69, 9.17) is 0 Å². The molecule has 1 amide bonds. The Balaban J connectivity index is 2.51. The lowest BCUT2D eigenvalue weighted by Crippen LogP contribution is -2.45. The molecule has 0 saturated carbocycles. The van der Waals surface area contributed by atoms with Gasteiger partial charge in [-0.25, -0.2) is 12.7 Å². The van der Waals surface area contributed by atoms with Gasteiger partial charge in [-0.1, -0.05) is 0 Å². The number of rotatable bonds is 6. The highest BCUT2D eigenvalue weighted by Gasteiger charge is 2.27. The fraction of sp³-hybridized carbons (Fsp3) is 0.611. The van der Waals surface area contributed by atoms with Crippen LogP contribution in [-0.4, -0.2) is 88.8 Å². The van der Waals surface area contributed by atoms with Crippen molar-refractivity contribution in [3.8, 4) is 0 Å². The highest BCUT2D eigenvalue weighted by Crippen LogP contribution is 2.29. The Morgan fingerprint density at radius 3 is 2.15 bits per heavy atom. The lowest BCUT2D eigenvalue weighted by Gasteiger charge is -2.35. The number of carbonyl (C=O) groups is 1. The molecule has 0 aromatic heterocycles. The van der Waals surface area contributed by atoms with Gasteiger partial charge in [-0.15, -0.1) is 0 Å². The van der Waals surface area contributed by atoms with Gasteiger partial charge in [0.15, 0.2) is 0 Å². The highest BCUT2D eigenvalue weighted by atomic mass is 32.2. The van der Waals surface area contributed by atoms with Crippen LogP contribution < -0.4 is 4.90 Å². The van der Waals surface area contributed by atoms with Crippen molar-refractivity contribution < 1.29 is 13.2 Å². The summed E-state index contributed by atoms with van der Waals surface area (Å²) in [6.45, 7) is 8.28. The maximum atomic E-state index is 12.9. The van der Waals surface area contributed by atoms with E-state index in [0.717, 1.165) is 26.2 Å². The number of carbonyl (C=O) groups excluding carboxylic acids is 1. The Morgan fingerprint density at radius 1 is 1.08 bits per heavy atom. The van der Waals surface area contributed by atoms with Crippen LogP contribution in [-0.2, 0) is 10.0 Å². The third-order valence-electron chi connectivity index (χ3n) is 4.86. The van der Waals surface area contributed by atoms with Gasteiger partial charge in [-0.2, -0.15) is 0 Å². The van der Waals surface area contributed by atoms with Crippen molar-refractivity contribution in [2.45, 2.75) is 18.7 Å². The molecule has 0 aliphatic carbocycles. The Bertz CT molecular complexity index is 737. The molecule has 1 aliphatic rings. The molecule has 0 unspecified atom stereocenters. The molecule has 8 heteroatoms. The molecule has 0 radical (unpaired) electrons. The van der Waals surface area contributed by atoms with E-state index in [1.165, 1.54) is 24.5 Å². The second kappa shape index (κ2) is 8.37. The van der Waals surface area contributed by atoms with E-state index in [0.29, 0.717) is 24.3 Å². The summed E-state index contributed by atoms with van der Waals surface area (Å²) in [6.07, 6.45) is 0. The van der Waals surface area contributed by atoms with Crippen molar-refractivity contribution in [3.63, 3.8) is 0 Å². The van der Waals surface area contributed by atoms with Crippen LogP contribution in [0.5, 0.6) is 0 Å². The molecule has 2 rings (SSSR count). The van der Waals surface area contributed by atoms with Crippen molar-refractivity contribution in [1.82, 2.24) is 14.1 Å². The van der Waals surface area contributed by atoms with Crippen LogP contribution in [0.2, 0.25) is 0 Å². The van der Waals surface area contributed by atoms with Crippen molar-refractivity contribution in [2.24, 2.45) is 0 Å². The average Bonchev–Trinajstić information content (AvgIpc) is 2.62. The van der Waals surface area contributed by atoms with E-state index >= 15 is 0 Å². The quantitative estimate of drug-likeness (QED) is 0.739. The molecule has 1 fully saturated rings.